The maximum atomic E-state index is 5.04. The van der Waals surface area contributed by atoms with Crippen molar-refractivity contribution in [3.8, 4) is 5.75 Å². The molecule has 0 saturated carbocycles. The van der Waals surface area contributed by atoms with Crippen molar-refractivity contribution < 1.29 is 9.78 Å². The van der Waals surface area contributed by atoms with E-state index in [1.807, 2.05) is 12.4 Å². The van der Waals surface area contributed by atoms with Gasteiger partial charge in [-0.3, -0.25) is 0 Å². The van der Waals surface area contributed by atoms with E-state index in [2.05, 4.69) is 4.98 Å². The number of aromatic nitrogens is 1. The lowest BCUT2D eigenvalue weighted by Crippen LogP contribution is -2.04. The summed E-state index contributed by atoms with van der Waals surface area (Å²) in [5, 5.41) is 0. The van der Waals surface area contributed by atoms with E-state index < -0.39 is 0 Å². The van der Waals surface area contributed by atoms with Crippen LogP contribution in [0.15, 0.2) is 12.4 Å². The van der Waals surface area contributed by atoms with Crippen molar-refractivity contribution in [2.45, 2.75) is 19.3 Å². The van der Waals surface area contributed by atoms with E-state index in [9.17, 15) is 0 Å². The van der Waals surface area contributed by atoms with Crippen LogP contribution in [0.4, 0.5) is 0 Å². The molecule has 1 aromatic heterocycles. The molecule has 0 aromatic carbocycles. The van der Waals surface area contributed by atoms with Crippen LogP contribution in [0.25, 0.3) is 0 Å². The van der Waals surface area contributed by atoms with Crippen LogP contribution in [0.2, 0.25) is 0 Å². The maximum Gasteiger partial charge on any atom is 0.185 e. The fraction of sp³-hybridized carbons (Fsp3) is 0.500. The molecule has 60 valence electrons. The molecule has 0 bridgehead atoms. The molecule has 1 N–H and O–H groups in total. The minimum atomic E-state index is 0.699. The third-order valence-corrected chi connectivity index (χ3v) is 1.86. The van der Waals surface area contributed by atoms with E-state index in [-0.39, 0.29) is 0 Å². The summed E-state index contributed by atoms with van der Waals surface area (Å²) in [6.45, 7) is 0.699. The minimum absolute atomic E-state index is 0.699. The van der Waals surface area contributed by atoms with Gasteiger partial charge in [-0.05, 0) is 19.3 Å². The highest BCUT2D eigenvalue weighted by molar-refractivity contribution is 5.29. The second-order valence-corrected chi connectivity index (χ2v) is 2.71. The molecule has 1 aliphatic rings. The lowest BCUT2D eigenvalue weighted by Gasteiger charge is -2.09. The highest BCUT2D eigenvalue weighted by Crippen LogP contribution is 2.21. The molecule has 0 unspecified atom stereocenters. The molecule has 11 heavy (non-hydrogen) atoms. The third-order valence-electron chi connectivity index (χ3n) is 1.86. The Bertz CT molecular complexity index is 209. The van der Waals surface area contributed by atoms with E-state index in [4.69, 9.17) is 9.78 Å². The predicted octanol–water partition coefficient (Wildman–Crippen LogP) is 1.66. The molecule has 2 rings (SSSR count). The van der Waals surface area contributed by atoms with Gasteiger partial charge in [-0.15, -0.1) is 0 Å². The van der Waals surface area contributed by atoms with Gasteiger partial charge >= 0.3 is 0 Å². The number of rotatable bonds is 0. The van der Waals surface area contributed by atoms with Crippen molar-refractivity contribution in [2.24, 2.45) is 0 Å². The Hall–Kier alpha value is -0.960. The summed E-state index contributed by atoms with van der Waals surface area (Å²) < 4.78 is 0. The average molecular weight is 153 g/mol. The van der Waals surface area contributed by atoms with Gasteiger partial charge in [0.25, 0.3) is 0 Å². The Balaban J connectivity index is 2.18. The van der Waals surface area contributed by atoms with Crippen molar-refractivity contribution >= 4 is 0 Å². The van der Waals surface area contributed by atoms with Crippen molar-refractivity contribution in [1.82, 2.24) is 4.98 Å². The monoisotopic (exact) mass is 153 g/mol. The first kappa shape index (κ1) is 6.73. The first-order valence-electron chi connectivity index (χ1n) is 3.92. The number of aromatic amines is 1. The van der Waals surface area contributed by atoms with Crippen LogP contribution in [0.1, 0.15) is 18.4 Å². The molecule has 0 saturated heterocycles. The number of aryl methyl sites for hydroxylation is 1. The van der Waals surface area contributed by atoms with Crippen molar-refractivity contribution in [3.05, 3.63) is 18.0 Å². The Morgan fingerprint density at radius 2 is 2.27 bits per heavy atom. The first-order chi connectivity index (χ1) is 5.47. The summed E-state index contributed by atoms with van der Waals surface area (Å²) in [5.74, 6) is 0.838. The van der Waals surface area contributed by atoms with E-state index in [0.717, 1.165) is 18.6 Å². The summed E-state index contributed by atoms with van der Waals surface area (Å²) in [7, 11) is 0. The zero-order chi connectivity index (χ0) is 7.52. The lowest BCUT2D eigenvalue weighted by molar-refractivity contribution is -0.209. The number of H-pyrrole nitrogens is 1. The molecule has 0 atom stereocenters. The van der Waals surface area contributed by atoms with Crippen LogP contribution in [-0.2, 0) is 11.3 Å². The van der Waals surface area contributed by atoms with E-state index >= 15 is 0 Å². The van der Waals surface area contributed by atoms with Crippen molar-refractivity contribution in [3.63, 3.8) is 0 Å². The van der Waals surface area contributed by atoms with Gasteiger partial charge in [0.15, 0.2) is 5.75 Å². The largest absolute Gasteiger partial charge is 0.364 e. The average Bonchev–Trinajstić information content (AvgIpc) is 2.35. The van der Waals surface area contributed by atoms with Crippen LogP contribution in [0, 0.1) is 0 Å². The lowest BCUT2D eigenvalue weighted by atomic mass is 10.1. The SMILES string of the molecule is c1[nH]cc2c1CCCCOO2. The zero-order valence-electron chi connectivity index (χ0n) is 6.30. The van der Waals surface area contributed by atoms with E-state index in [1.165, 1.54) is 12.0 Å². The summed E-state index contributed by atoms with van der Waals surface area (Å²) in [5.41, 5.74) is 1.21. The molecule has 0 amide bonds. The van der Waals surface area contributed by atoms with Gasteiger partial charge in [-0.25, -0.2) is 0 Å². The minimum Gasteiger partial charge on any atom is -0.364 e. The van der Waals surface area contributed by atoms with Crippen LogP contribution in [-0.4, -0.2) is 11.6 Å². The number of nitrogens with one attached hydrogen (secondary N) is 1. The Kier molecular flexibility index (Phi) is 1.81. The molecule has 0 aliphatic carbocycles. The quantitative estimate of drug-likeness (QED) is 0.575. The van der Waals surface area contributed by atoms with Crippen LogP contribution >= 0.6 is 0 Å². The molecular formula is C8H11NO2. The van der Waals surface area contributed by atoms with Gasteiger partial charge in [-0.2, -0.15) is 4.89 Å². The van der Waals surface area contributed by atoms with Crippen LogP contribution in [0.5, 0.6) is 5.75 Å². The first-order valence-corrected chi connectivity index (χ1v) is 3.92. The highest BCUT2D eigenvalue weighted by atomic mass is 17.2. The number of hydrogen-bond donors (Lipinski definition) is 1. The predicted molar refractivity (Wildman–Crippen MR) is 40.3 cm³/mol. The smallest absolute Gasteiger partial charge is 0.185 e. The van der Waals surface area contributed by atoms with Gasteiger partial charge in [0, 0.05) is 18.0 Å². The standard InChI is InChI=1S/C8H11NO2/c1-2-4-10-11-8-6-9-5-7(8)3-1/h5-6,9H,1-4H2. The molecule has 3 heteroatoms. The second kappa shape index (κ2) is 2.96. The van der Waals surface area contributed by atoms with Crippen molar-refractivity contribution in [2.75, 3.05) is 6.61 Å². The van der Waals surface area contributed by atoms with Gasteiger partial charge in [0.05, 0.1) is 6.61 Å². The molecule has 2 heterocycles. The van der Waals surface area contributed by atoms with E-state index in [0.29, 0.717) is 6.61 Å². The molecule has 0 fully saturated rings. The third kappa shape index (κ3) is 1.38. The fourth-order valence-electron chi connectivity index (χ4n) is 1.24. The Labute approximate surface area is 65.3 Å². The van der Waals surface area contributed by atoms with Crippen molar-refractivity contribution in [1.29, 1.82) is 0 Å². The fourth-order valence-corrected chi connectivity index (χ4v) is 1.24. The van der Waals surface area contributed by atoms with E-state index in [1.54, 1.807) is 0 Å². The summed E-state index contributed by atoms with van der Waals surface area (Å²) >= 11 is 0. The van der Waals surface area contributed by atoms with Gasteiger partial charge < -0.3 is 9.87 Å². The molecule has 1 aliphatic heterocycles. The summed E-state index contributed by atoms with van der Waals surface area (Å²) in [4.78, 5) is 13.0. The number of fused-ring (bicyclic) bond motifs is 1. The molecular weight excluding hydrogens is 142 g/mol. The highest BCUT2D eigenvalue weighted by Gasteiger charge is 2.08. The molecule has 1 aromatic rings. The normalized spacial score (nSPS) is 17.8. The zero-order valence-corrected chi connectivity index (χ0v) is 6.30. The van der Waals surface area contributed by atoms with Crippen LogP contribution < -0.4 is 4.89 Å². The van der Waals surface area contributed by atoms with Gasteiger partial charge in [0.1, 0.15) is 0 Å². The molecule has 3 nitrogen and oxygen atoms in total. The molecule has 0 radical (unpaired) electrons. The topological polar surface area (TPSA) is 34.2 Å². The van der Waals surface area contributed by atoms with Crippen LogP contribution in [0.3, 0.4) is 0 Å². The Morgan fingerprint density at radius 3 is 3.27 bits per heavy atom. The Morgan fingerprint density at radius 1 is 1.27 bits per heavy atom. The van der Waals surface area contributed by atoms with Gasteiger partial charge in [-0.1, -0.05) is 0 Å². The second-order valence-electron chi connectivity index (χ2n) is 2.71. The summed E-state index contributed by atoms with van der Waals surface area (Å²) in [6.07, 6.45) is 7.12. The maximum absolute atomic E-state index is 5.04. The van der Waals surface area contributed by atoms with Gasteiger partial charge in [0.2, 0.25) is 0 Å². The molecule has 0 spiro atoms. The number of hydrogen-bond acceptors (Lipinski definition) is 2. The summed E-state index contributed by atoms with van der Waals surface area (Å²) in [6, 6.07) is 0.